The van der Waals surface area contributed by atoms with E-state index in [1.54, 1.807) is 27.5 Å². The second kappa shape index (κ2) is 7.72. The Morgan fingerprint density at radius 2 is 1.70 bits per heavy atom. The van der Waals surface area contributed by atoms with Crippen molar-refractivity contribution in [1.82, 2.24) is 4.98 Å². The zero-order chi connectivity index (χ0) is 16.8. The lowest BCUT2D eigenvalue weighted by atomic mass is 10.0. The van der Waals surface area contributed by atoms with Crippen molar-refractivity contribution < 1.29 is 14.2 Å². The quantitative estimate of drug-likeness (QED) is 0.837. The van der Waals surface area contributed by atoms with Crippen LogP contribution in [-0.4, -0.2) is 26.3 Å². The maximum atomic E-state index is 5.43. The molecule has 1 aromatic carbocycles. The van der Waals surface area contributed by atoms with Crippen LogP contribution in [0.1, 0.15) is 30.5 Å². The van der Waals surface area contributed by atoms with Gasteiger partial charge >= 0.3 is 0 Å². The zero-order valence-electron chi connectivity index (χ0n) is 14.3. The Morgan fingerprint density at radius 1 is 1.04 bits per heavy atom. The number of pyridine rings is 1. The number of aryl methyl sites for hydroxylation is 1. The number of rotatable bonds is 7. The highest BCUT2D eigenvalue weighted by Crippen LogP contribution is 2.40. The summed E-state index contributed by atoms with van der Waals surface area (Å²) in [5.41, 5.74) is 2.23. The van der Waals surface area contributed by atoms with E-state index in [0.29, 0.717) is 17.2 Å². The van der Waals surface area contributed by atoms with E-state index in [-0.39, 0.29) is 6.04 Å². The van der Waals surface area contributed by atoms with E-state index >= 15 is 0 Å². The number of benzene rings is 1. The number of hydrogen-bond acceptors (Lipinski definition) is 5. The topological polar surface area (TPSA) is 52.6 Å². The molecule has 2 aromatic rings. The van der Waals surface area contributed by atoms with Crippen LogP contribution in [0.3, 0.4) is 0 Å². The summed E-state index contributed by atoms with van der Waals surface area (Å²) in [6, 6.07) is 8.04. The largest absolute Gasteiger partial charge is 0.493 e. The van der Waals surface area contributed by atoms with Crippen molar-refractivity contribution in [3.05, 3.63) is 41.6 Å². The molecule has 0 aliphatic heterocycles. The van der Waals surface area contributed by atoms with Gasteiger partial charge in [-0.2, -0.15) is 0 Å². The molecule has 5 nitrogen and oxygen atoms in total. The van der Waals surface area contributed by atoms with Crippen LogP contribution in [0, 0.1) is 6.92 Å². The molecule has 2 rings (SSSR count). The number of aromatic nitrogens is 1. The van der Waals surface area contributed by atoms with E-state index in [1.807, 2.05) is 31.2 Å². The van der Waals surface area contributed by atoms with E-state index in [2.05, 4.69) is 17.2 Å². The van der Waals surface area contributed by atoms with Gasteiger partial charge in [-0.15, -0.1) is 0 Å². The molecule has 1 atom stereocenters. The van der Waals surface area contributed by atoms with E-state index in [9.17, 15) is 0 Å². The van der Waals surface area contributed by atoms with Crippen molar-refractivity contribution in [2.75, 3.05) is 26.6 Å². The van der Waals surface area contributed by atoms with E-state index < -0.39 is 0 Å². The van der Waals surface area contributed by atoms with Gasteiger partial charge in [0.1, 0.15) is 5.82 Å². The first-order chi connectivity index (χ1) is 11.1. The Morgan fingerprint density at radius 3 is 2.17 bits per heavy atom. The number of methoxy groups -OCH3 is 3. The minimum Gasteiger partial charge on any atom is -0.493 e. The lowest BCUT2D eigenvalue weighted by molar-refractivity contribution is 0.323. The molecule has 0 aliphatic carbocycles. The van der Waals surface area contributed by atoms with Gasteiger partial charge in [-0.3, -0.25) is 0 Å². The lowest BCUT2D eigenvalue weighted by Crippen LogP contribution is -2.11. The van der Waals surface area contributed by atoms with Gasteiger partial charge < -0.3 is 19.5 Å². The summed E-state index contributed by atoms with van der Waals surface area (Å²) < 4.78 is 16.2. The number of anilines is 1. The molecule has 1 heterocycles. The van der Waals surface area contributed by atoms with Crippen molar-refractivity contribution in [2.24, 2.45) is 0 Å². The number of hydrogen-bond donors (Lipinski definition) is 1. The van der Waals surface area contributed by atoms with Gasteiger partial charge in [-0.05, 0) is 48.7 Å². The average molecular weight is 316 g/mol. The molecule has 124 valence electrons. The summed E-state index contributed by atoms with van der Waals surface area (Å²) in [5.74, 6) is 2.76. The number of nitrogens with one attached hydrogen (secondary N) is 1. The smallest absolute Gasteiger partial charge is 0.203 e. The second-order valence-electron chi connectivity index (χ2n) is 5.28. The fourth-order valence-corrected chi connectivity index (χ4v) is 2.52. The molecular weight excluding hydrogens is 292 g/mol. The molecule has 0 radical (unpaired) electrons. The Labute approximate surface area is 137 Å². The molecule has 0 saturated carbocycles. The van der Waals surface area contributed by atoms with Crippen LogP contribution in [-0.2, 0) is 0 Å². The van der Waals surface area contributed by atoms with Gasteiger partial charge in [-0.1, -0.05) is 6.92 Å². The molecule has 0 spiro atoms. The Kier molecular flexibility index (Phi) is 5.68. The fraction of sp³-hybridized carbons (Fsp3) is 0.389. The molecule has 1 N–H and O–H groups in total. The first-order valence-corrected chi connectivity index (χ1v) is 7.62. The SMILES string of the molecule is CCC(Nc1cc(C)ccn1)c1cc(OC)c(OC)c(OC)c1. The summed E-state index contributed by atoms with van der Waals surface area (Å²) in [5, 5.41) is 3.46. The molecule has 1 aromatic heterocycles. The van der Waals surface area contributed by atoms with Crippen LogP contribution < -0.4 is 19.5 Å². The van der Waals surface area contributed by atoms with Crippen LogP contribution in [0.4, 0.5) is 5.82 Å². The van der Waals surface area contributed by atoms with Crippen LogP contribution >= 0.6 is 0 Å². The molecule has 0 fully saturated rings. The average Bonchev–Trinajstić information content (AvgIpc) is 2.58. The maximum absolute atomic E-state index is 5.43. The van der Waals surface area contributed by atoms with Crippen LogP contribution in [0.5, 0.6) is 17.2 Å². The molecule has 1 unspecified atom stereocenters. The van der Waals surface area contributed by atoms with Crippen LogP contribution in [0.15, 0.2) is 30.5 Å². The summed E-state index contributed by atoms with van der Waals surface area (Å²) in [6.45, 7) is 4.17. The molecule has 0 bridgehead atoms. The van der Waals surface area contributed by atoms with Crippen molar-refractivity contribution in [3.63, 3.8) is 0 Å². The van der Waals surface area contributed by atoms with E-state index in [1.165, 1.54) is 5.56 Å². The molecule has 23 heavy (non-hydrogen) atoms. The minimum atomic E-state index is 0.0954. The van der Waals surface area contributed by atoms with Crippen molar-refractivity contribution >= 4 is 5.82 Å². The molecule has 5 heteroatoms. The third-order valence-corrected chi connectivity index (χ3v) is 3.74. The van der Waals surface area contributed by atoms with Gasteiger partial charge in [0.2, 0.25) is 5.75 Å². The normalized spacial score (nSPS) is 11.7. The second-order valence-corrected chi connectivity index (χ2v) is 5.28. The van der Waals surface area contributed by atoms with Crippen molar-refractivity contribution in [2.45, 2.75) is 26.3 Å². The van der Waals surface area contributed by atoms with Gasteiger partial charge in [-0.25, -0.2) is 4.98 Å². The monoisotopic (exact) mass is 316 g/mol. The molecule has 0 amide bonds. The maximum Gasteiger partial charge on any atom is 0.203 e. The van der Waals surface area contributed by atoms with Gasteiger partial charge in [0.15, 0.2) is 11.5 Å². The first kappa shape index (κ1) is 16.9. The number of ether oxygens (including phenoxy) is 3. The highest BCUT2D eigenvalue weighted by molar-refractivity contribution is 5.55. The molecular formula is C18H24N2O3. The molecule has 0 aliphatic rings. The third kappa shape index (κ3) is 3.86. The highest BCUT2D eigenvalue weighted by atomic mass is 16.5. The Bertz CT molecular complexity index is 633. The summed E-state index contributed by atoms with van der Waals surface area (Å²) >= 11 is 0. The van der Waals surface area contributed by atoms with Crippen molar-refractivity contribution in [3.8, 4) is 17.2 Å². The lowest BCUT2D eigenvalue weighted by Gasteiger charge is -2.21. The predicted octanol–water partition coefficient (Wildman–Crippen LogP) is 3.98. The van der Waals surface area contributed by atoms with Gasteiger partial charge in [0.25, 0.3) is 0 Å². The van der Waals surface area contributed by atoms with E-state index in [4.69, 9.17) is 14.2 Å². The van der Waals surface area contributed by atoms with Crippen LogP contribution in [0.25, 0.3) is 0 Å². The Hall–Kier alpha value is -2.43. The number of nitrogens with zero attached hydrogens (tertiary/aromatic N) is 1. The summed E-state index contributed by atoms with van der Waals surface area (Å²) in [6.07, 6.45) is 2.70. The summed E-state index contributed by atoms with van der Waals surface area (Å²) in [4.78, 5) is 4.37. The highest BCUT2D eigenvalue weighted by Gasteiger charge is 2.18. The Balaban J connectivity index is 2.37. The van der Waals surface area contributed by atoms with Crippen LogP contribution in [0.2, 0.25) is 0 Å². The van der Waals surface area contributed by atoms with Gasteiger partial charge in [0.05, 0.1) is 27.4 Å². The summed E-state index contributed by atoms with van der Waals surface area (Å²) in [7, 11) is 4.85. The van der Waals surface area contributed by atoms with E-state index in [0.717, 1.165) is 17.8 Å². The molecule has 0 saturated heterocycles. The third-order valence-electron chi connectivity index (χ3n) is 3.74. The van der Waals surface area contributed by atoms with Gasteiger partial charge in [0, 0.05) is 6.20 Å². The first-order valence-electron chi connectivity index (χ1n) is 7.62. The fourth-order valence-electron chi connectivity index (χ4n) is 2.52. The minimum absolute atomic E-state index is 0.0954. The van der Waals surface area contributed by atoms with Crippen molar-refractivity contribution in [1.29, 1.82) is 0 Å². The predicted molar refractivity (Wildman–Crippen MR) is 91.7 cm³/mol. The zero-order valence-corrected chi connectivity index (χ0v) is 14.3. The standard InChI is InChI=1S/C18H24N2O3/c1-6-14(20-17-9-12(2)7-8-19-17)13-10-15(21-3)18(23-5)16(11-13)22-4/h7-11,14H,6H2,1-5H3,(H,19,20).